The second-order valence-corrected chi connectivity index (χ2v) is 11.5. The molecule has 2 aromatic carbocycles. The monoisotopic (exact) mass is 566 g/mol. The van der Waals surface area contributed by atoms with Gasteiger partial charge >= 0.3 is 6.18 Å². The second-order valence-electron chi connectivity index (χ2n) is 9.37. The number of rotatable bonds is 7. The molecule has 4 rings (SSSR count). The largest absolute Gasteiger partial charge is 0.490 e. The number of aromatic nitrogens is 2. The van der Waals surface area contributed by atoms with Crippen LogP contribution in [0, 0.1) is 24.4 Å². The molecule has 1 aliphatic rings. The Morgan fingerprint density at radius 2 is 1.85 bits per heavy atom. The lowest BCUT2D eigenvalue weighted by atomic mass is 9.79. The number of halogens is 4. The van der Waals surface area contributed by atoms with Crippen molar-refractivity contribution in [2.45, 2.75) is 50.1 Å². The van der Waals surface area contributed by atoms with Gasteiger partial charge < -0.3 is 14.8 Å². The van der Waals surface area contributed by atoms with Crippen LogP contribution in [0.5, 0.6) is 17.4 Å². The predicted molar refractivity (Wildman–Crippen MR) is 136 cm³/mol. The molecule has 3 aromatic rings. The van der Waals surface area contributed by atoms with E-state index in [0.717, 1.165) is 26.2 Å². The number of benzene rings is 2. The van der Waals surface area contributed by atoms with Gasteiger partial charge in [-0.2, -0.15) is 13.2 Å². The van der Waals surface area contributed by atoms with Crippen molar-refractivity contribution in [2.24, 2.45) is 0 Å². The van der Waals surface area contributed by atoms with Crippen LogP contribution in [0.25, 0.3) is 0 Å². The van der Waals surface area contributed by atoms with E-state index in [2.05, 4.69) is 15.5 Å². The number of aryl methyl sites for hydroxylation is 1. The van der Waals surface area contributed by atoms with E-state index < -0.39 is 50.3 Å². The van der Waals surface area contributed by atoms with Crippen molar-refractivity contribution in [1.82, 2.24) is 10.2 Å². The van der Waals surface area contributed by atoms with Gasteiger partial charge in [-0.05, 0) is 73.6 Å². The second kappa shape index (κ2) is 10.4. The van der Waals surface area contributed by atoms with Gasteiger partial charge in [-0.25, -0.2) is 13.4 Å². The summed E-state index contributed by atoms with van der Waals surface area (Å²) in [6.45, 7) is 2.67. The zero-order valence-corrected chi connectivity index (χ0v) is 22.3. The summed E-state index contributed by atoms with van der Waals surface area (Å²) >= 11 is 0. The maximum atomic E-state index is 15.4. The van der Waals surface area contributed by atoms with E-state index in [-0.39, 0.29) is 28.0 Å². The Balaban J connectivity index is 1.81. The first-order chi connectivity index (χ1) is 18.2. The van der Waals surface area contributed by atoms with Gasteiger partial charge in [0.05, 0.1) is 16.8 Å². The molecule has 1 saturated carbocycles. The van der Waals surface area contributed by atoms with Crippen molar-refractivity contribution in [1.29, 1.82) is 4.78 Å². The van der Waals surface area contributed by atoms with Gasteiger partial charge in [0.25, 0.3) is 11.8 Å². The summed E-state index contributed by atoms with van der Waals surface area (Å²) in [7, 11) is -1.90. The first-order valence-corrected chi connectivity index (χ1v) is 13.8. The van der Waals surface area contributed by atoms with Crippen molar-refractivity contribution in [3.05, 3.63) is 64.1 Å². The molecule has 1 unspecified atom stereocenters. The highest BCUT2D eigenvalue weighted by molar-refractivity contribution is 7.91. The molecular formula is C26H26F4N4O4S. The third-order valence-corrected chi connectivity index (χ3v) is 7.71. The summed E-state index contributed by atoms with van der Waals surface area (Å²) in [5.74, 6) is -2.66. The number of methoxy groups -OCH3 is 1. The standard InChI is InChI=1S/C26H26F4N4O4S/c1-13-11-18(15-7-5-8-15)20(27)22(37-3)21(13)38-25-19(14(2)23(33-34-25)26(28,29)30)24(35)32-16-9-6-10-17(12-16)39(4,31)36/h6,9-12,15,31H,5,7-8H2,1-4H3,(H,32,35). The van der Waals surface area contributed by atoms with Gasteiger partial charge in [0, 0.05) is 16.8 Å². The number of hydrogen-bond donors (Lipinski definition) is 2. The molecule has 1 heterocycles. The lowest BCUT2D eigenvalue weighted by Gasteiger charge is -2.28. The molecule has 0 radical (unpaired) electrons. The van der Waals surface area contributed by atoms with E-state index in [4.69, 9.17) is 14.3 Å². The Morgan fingerprint density at radius 1 is 1.15 bits per heavy atom. The Morgan fingerprint density at radius 3 is 2.41 bits per heavy atom. The normalized spacial score (nSPS) is 15.3. The van der Waals surface area contributed by atoms with E-state index in [0.29, 0.717) is 11.1 Å². The number of ether oxygens (including phenoxy) is 2. The third-order valence-electron chi connectivity index (χ3n) is 6.56. The van der Waals surface area contributed by atoms with Crippen molar-refractivity contribution in [3.63, 3.8) is 0 Å². The molecule has 2 N–H and O–H groups in total. The highest BCUT2D eigenvalue weighted by Crippen LogP contribution is 2.46. The first kappa shape index (κ1) is 28.3. The van der Waals surface area contributed by atoms with Gasteiger partial charge in [-0.3, -0.25) is 4.79 Å². The number of amides is 1. The number of carbonyl (C=O) groups excluding carboxylic acids is 1. The van der Waals surface area contributed by atoms with Crippen LogP contribution in [0.1, 0.15) is 57.9 Å². The van der Waals surface area contributed by atoms with E-state index in [9.17, 15) is 22.2 Å². The molecule has 0 spiro atoms. The minimum Gasteiger partial charge on any atom is -0.490 e. The zero-order valence-electron chi connectivity index (χ0n) is 21.5. The highest BCUT2D eigenvalue weighted by atomic mass is 32.2. The van der Waals surface area contributed by atoms with Crippen LogP contribution >= 0.6 is 0 Å². The lowest BCUT2D eigenvalue weighted by Crippen LogP contribution is -2.21. The number of nitrogens with one attached hydrogen (secondary N) is 2. The molecule has 8 nitrogen and oxygen atoms in total. The molecule has 39 heavy (non-hydrogen) atoms. The van der Waals surface area contributed by atoms with E-state index in [1.54, 1.807) is 13.0 Å². The smallest absolute Gasteiger partial charge is 0.435 e. The van der Waals surface area contributed by atoms with Crippen LogP contribution < -0.4 is 14.8 Å². The van der Waals surface area contributed by atoms with Crippen LogP contribution in [0.15, 0.2) is 35.2 Å². The number of hydrogen-bond acceptors (Lipinski definition) is 7. The van der Waals surface area contributed by atoms with Crippen LogP contribution in [-0.4, -0.2) is 33.7 Å². The fraction of sp³-hybridized carbons (Fsp3) is 0.346. The average molecular weight is 567 g/mol. The maximum absolute atomic E-state index is 15.4. The predicted octanol–water partition coefficient (Wildman–Crippen LogP) is 6.61. The highest BCUT2D eigenvalue weighted by Gasteiger charge is 2.38. The molecule has 1 fully saturated rings. The molecular weight excluding hydrogens is 540 g/mol. The van der Waals surface area contributed by atoms with Crippen LogP contribution in [0.3, 0.4) is 0 Å². The van der Waals surface area contributed by atoms with Gasteiger partial charge in [-0.1, -0.05) is 12.5 Å². The van der Waals surface area contributed by atoms with Crippen molar-refractivity contribution < 1.29 is 36.0 Å². The number of alkyl halides is 3. The maximum Gasteiger partial charge on any atom is 0.435 e. The molecule has 1 aromatic heterocycles. The number of anilines is 1. The van der Waals surface area contributed by atoms with Crippen molar-refractivity contribution >= 4 is 21.3 Å². The van der Waals surface area contributed by atoms with E-state index in [1.807, 2.05) is 0 Å². The molecule has 0 aliphatic heterocycles. The Kier molecular flexibility index (Phi) is 7.57. The summed E-state index contributed by atoms with van der Waals surface area (Å²) < 4.78 is 87.2. The molecule has 13 heteroatoms. The van der Waals surface area contributed by atoms with Crippen molar-refractivity contribution in [3.8, 4) is 17.4 Å². The third kappa shape index (κ3) is 5.68. The van der Waals surface area contributed by atoms with Gasteiger partial charge in [-0.15, -0.1) is 10.2 Å². The average Bonchev–Trinajstić information content (AvgIpc) is 2.80. The summed E-state index contributed by atoms with van der Waals surface area (Å²) in [4.78, 5) is 13.4. The summed E-state index contributed by atoms with van der Waals surface area (Å²) in [5.41, 5.74) is -1.58. The van der Waals surface area contributed by atoms with Crippen LogP contribution in [0.2, 0.25) is 0 Å². The zero-order chi connectivity index (χ0) is 28.7. The first-order valence-electron chi connectivity index (χ1n) is 11.9. The molecule has 1 amide bonds. The molecule has 0 saturated heterocycles. The van der Waals surface area contributed by atoms with Gasteiger partial charge in [0.2, 0.25) is 0 Å². The summed E-state index contributed by atoms with van der Waals surface area (Å²) in [6, 6.07) is 7.17. The van der Waals surface area contributed by atoms with Crippen LogP contribution in [0.4, 0.5) is 23.2 Å². The fourth-order valence-corrected chi connectivity index (χ4v) is 5.00. The van der Waals surface area contributed by atoms with Gasteiger partial charge in [0.1, 0.15) is 5.56 Å². The minimum absolute atomic E-state index is 0.0263. The molecule has 1 atom stereocenters. The summed E-state index contributed by atoms with van der Waals surface area (Å²) in [5, 5.41) is 9.23. The minimum atomic E-state index is -4.92. The number of carbonyl (C=O) groups is 1. The van der Waals surface area contributed by atoms with Crippen LogP contribution in [-0.2, 0) is 15.9 Å². The molecule has 208 valence electrons. The molecule has 1 aliphatic carbocycles. The van der Waals surface area contributed by atoms with E-state index >= 15 is 4.39 Å². The lowest BCUT2D eigenvalue weighted by molar-refractivity contribution is -0.142. The molecule has 0 bridgehead atoms. The van der Waals surface area contributed by atoms with Crippen molar-refractivity contribution in [2.75, 3.05) is 18.7 Å². The fourth-order valence-electron chi connectivity index (χ4n) is 4.31. The van der Waals surface area contributed by atoms with Gasteiger partial charge in [0.15, 0.2) is 23.0 Å². The number of nitrogens with zero attached hydrogens (tertiary/aromatic N) is 2. The Labute approximate surface area is 222 Å². The van der Waals surface area contributed by atoms with E-state index in [1.165, 1.54) is 37.6 Å². The summed E-state index contributed by atoms with van der Waals surface area (Å²) in [6.07, 6.45) is -1.11. The Hall–Kier alpha value is -3.74. The Bertz CT molecular complexity index is 1550. The SMILES string of the molecule is COc1c(F)c(C2CCC2)cc(C)c1Oc1nnc(C(F)(F)F)c(C)c1C(=O)Nc1cccc(S(C)(=N)=O)c1. The topological polar surface area (TPSA) is 114 Å². The quantitative estimate of drug-likeness (QED) is 0.311.